The summed E-state index contributed by atoms with van der Waals surface area (Å²) in [6, 6.07) is 12.4. The number of nitrogens with zero attached hydrogens (tertiary/aromatic N) is 4. The number of hydrogen-bond acceptors (Lipinski definition) is 4. The molecular weight excluding hydrogens is 586 g/mol. The van der Waals surface area contributed by atoms with Crippen molar-refractivity contribution < 1.29 is 9.53 Å². The monoisotopic (exact) mass is 613 g/mol. The molecule has 2 aromatic heterocycles. The molecule has 1 N–H and O–H groups in total. The number of ether oxygens (including phenoxy) is 1. The SMILES string of the molecule is Cc1cc([C@@H](C)n2cc(CC3COCCN3C(=O)Cc3c(C)[nH]c4ccc(Br)cc34)nn2)ccc1Br. The van der Waals surface area contributed by atoms with E-state index in [0.29, 0.717) is 32.6 Å². The zero-order chi connectivity index (χ0) is 25.4. The van der Waals surface area contributed by atoms with Gasteiger partial charge >= 0.3 is 0 Å². The van der Waals surface area contributed by atoms with Gasteiger partial charge in [0.1, 0.15) is 0 Å². The topological polar surface area (TPSA) is 76.0 Å². The predicted molar refractivity (Wildman–Crippen MR) is 147 cm³/mol. The smallest absolute Gasteiger partial charge is 0.227 e. The molecule has 1 saturated heterocycles. The lowest BCUT2D eigenvalue weighted by molar-refractivity contribution is -0.139. The van der Waals surface area contributed by atoms with E-state index in [1.807, 2.05) is 34.8 Å². The van der Waals surface area contributed by atoms with E-state index in [9.17, 15) is 4.79 Å². The molecule has 0 bridgehead atoms. The molecule has 0 spiro atoms. The molecule has 2 atom stereocenters. The van der Waals surface area contributed by atoms with Gasteiger partial charge in [-0.2, -0.15) is 0 Å². The van der Waals surface area contributed by atoms with E-state index in [1.165, 1.54) is 11.1 Å². The first-order chi connectivity index (χ1) is 17.3. The zero-order valence-corrected chi connectivity index (χ0v) is 23.8. The fourth-order valence-corrected chi connectivity index (χ4v) is 5.51. The molecule has 0 saturated carbocycles. The van der Waals surface area contributed by atoms with Crippen molar-refractivity contribution in [3.63, 3.8) is 0 Å². The Bertz CT molecular complexity index is 1410. The minimum Gasteiger partial charge on any atom is -0.377 e. The number of fused-ring (bicyclic) bond motifs is 1. The molecule has 1 unspecified atom stereocenters. The number of halogens is 2. The molecule has 5 rings (SSSR count). The maximum Gasteiger partial charge on any atom is 0.227 e. The van der Waals surface area contributed by atoms with E-state index in [1.54, 1.807) is 0 Å². The highest BCUT2D eigenvalue weighted by Gasteiger charge is 2.29. The molecule has 1 aliphatic rings. The van der Waals surface area contributed by atoms with E-state index >= 15 is 0 Å². The zero-order valence-electron chi connectivity index (χ0n) is 20.6. The summed E-state index contributed by atoms with van der Waals surface area (Å²) in [5, 5.41) is 9.91. The molecule has 1 amide bonds. The number of carbonyl (C=O) groups is 1. The van der Waals surface area contributed by atoms with Gasteiger partial charge in [0, 0.05) is 44.7 Å². The summed E-state index contributed by atoms with van der Waals surface area (Å²) < 4.78 is 9.75. The summed E-state index contributed by atoms with van der Waals surface area (Å²) in [7, 11) is 0. The number of nitrogens with one attached hydrogen (secondary N) is 1. The molecule has 0 aliphatic carbocycles. The number of carbonyl (C=O) groups excluding carboxylic acids is 1. The maximum atomic E-state index is 13.5. The summed E-state index contributed by atoms with van der Waals surface area (Å²) in [6.07, 6.45) is 2.95. The van der Waals surface area contributed by atoms with Crippen LogP contribution in [0.3, 0.4) is 0 Å². The van der Waals surface area contributed by atoms with Crippen molar-refractivity contribution in [2.24, 2.45) is 0 Å². The Labute approximate surface area is 227 Å². The number of benzene rings is 2. The quantitative estimate of drug-likeness (QED) is 0.310. The second-order valence-corrected chi connectivity index (χ2v) is 11.3. The first kappa shape index (κ1) is 25.2. The summed E-state index contributed by atoms with van der Waals surface area (Å²) in [5.74, 6) is 0.110. The molecule has 188 valence electrons. The molecule has 1 aliphatic heterocycles. The van der Waals surface area contributed by atoms with Gasteiger partial charge in [-0.1, -0.05) is 49.2 Å². The Hall–Kier alpha value is -2.49. The molecule has 2 aromatic carbocycles. The lowest BCUT2D eigenvalue weighted by Gasteiger charge is -2.35. The standard InChI is InChI=1S/C27H29Br2N5O2/c1-16-10-19(4-6-25(16)29)18(3)34-14-21(31-32-34)12-22-15-36-9-8-33(22)27(35)13-23-17(2)30-26-7-5-20(28)11-24(23)26/h4-7,10-11,14,18,22,30H,8-9,12-13,15H2,1-3H3/t18-,22?/m1/s1. The average Bonchev–Trinajstić information content (AvgIpc) is 3.45. The van der Waals surface area contributed by atoms with Crippen LogP contribution in [0.5, 0.6) is 0 Å². The number of hydrogen-bond donors (Lipinski definition) is 1. The predicted octanol–water partition coefficient (Wildman–Crippen LogP) is 5.52. The molecule has 7 nitrogen and oxygen atoms in total. The largest absolute Gasteiger partial charge is 0.377 e. The number of aromatic amines is 1. The van der Waals surface area contributed by atoms with E-state index in [0.717, 1.165) is 36.8 Å². The molecule has 36 heavy (non-hydrogen) atoms. The summed E-state index contributed by atoms with van der Waals surface area (Å²) in [6.45, 7) is 7.85. The van der Waals surface area contributed by atoms with E-state index in [4.69, 9.17) is 4.74 Å². The van der Waals surface area contributed by atoms with Crippen LogP contribution in [0, 0.1) is 13.8 Å². The van der Waals surface area contributed by atoms with Crippen molar-refractivity contribution in [3.05, 3.63) is 79.6 Å². The number of H-pyrrole nitrogens is 1. The van der Waals surface area contributed by atoms with Crippen molar-refractivity contribution in [3.8, 4) is 0 Å². The van der Waals surface area contributed by atoms with Gasteiger partial charge < -0.3 is 14.6 Å². The molecule has 9 heteroatoms. The first-order valence-corrected chi connectivity index (χ1v) is 13.7. The van der Waals surface area contributed by atoms with Crippen LogP contribution >= 0.6 is 31.9 Å². The second kappa shape index (κ2) is 10.5. The molecular formula is C27H29Br2N5O2. The third-order valence-electron chi connectivity index (χ3n) is 7.02. The van der Waals surface area contributed by atoms with Crippen LogP contribution in [0.25, 0.3) is 10.9 Å². The van der Waals surface area contributed by atoms with Gasteiger partial charge in [-0.15, -0.1) is 5.10 Å². The number of morpholine rings is 1. The minimum atomic E-state index is -0.0705. The van der Waals surface area contributed by atoms with Crippen LogP contribution in [-0.2, 0) is 22.4 Å². The molecule has 3 heterocycles. The Morgan fingerprint density at radius 1 is 1.22 bits per heavy atom. The Balaban J connectivity index is 1.31. The van der Waals surface area contributed by atoms with Crippen LogP contribution < -0.4 is 0 Å². The van der Waals surface area contributed by atoms with Gasteiger partial charge in [-0.25, -0.2) is 4.68 Å². The van der Waals surface area contributed by atoms with Crippen molar-refractivity contribution >= 4 is 48.7 Å². The van der Waals surface area contributed by atoms with Gasteiger partial charge in [0.15, 0.2) is 0 Å². The van der Waals surface area contributed by atoms with Crippen LogP contribution in [-0.4, -0.2) is 56.6 Å². The maximum absolute atomic E-state index is 13.5. The lowest BCUT2D eigenvalue weighted by Crippen LogP contribution is -2.50. The van der Waals surface area contributed by atoms with Gasteiger partial charge in [0.25, 0.3) is 0 Å². The normalized spacial score (nSPS) is 17.0. The highest BCUT2D eigenvalue weighted by atomic mass is 79.9. The van der Waals surface area contributed by atoms with Crippen molar-refractivity contribution in [2.45, 2.75) is 45.7 Å². The van der Waals surface area contributed by atoms with Gasteiger partial charge in [0.05, 0.1) is 37.4 Å². The van der Waals surface area contributed by atoms with Crippen LogP contribution in [0.2, 0.25) is 0 Å². The van der Waals surface area contributed by atoms with Gasteiger partial charge in [-0.3, -0.25) is 4.79 Å². The third-order valence-corrected chi connectivity index (χ3v) is 8.40. The third kappa shape index (κ3) is 5.14. The second-order valence-electron chi connectivity index (χ2n) is 9.49. The first-order valence-electron chi connectivity index (χ1n) is 12.1. The van der Waals surface area contributed by atoms with Gasteiger partial charge in [0.2, 0.25) is 5.91 Å². The molecule has 1 fully saturated rings. The van der Waals surface area contributed by atoms with Crippen LogP contribution in [0.1, 0.15) is 41.0 Å². The number of aryl methyl sites for hydroxylation is 2. The van der Waals surface area contributed by atoms with E-state index in [2.05, 4.69) is 85.3 Å². The molecule has 4 aromatic rings. The van der Waals surface area contributed by atoms with Crippen LogP contribution in [0.15, 0.2) is 51.5 Å². The fraction of sp³-hybridized carbons (Fsp3) is 0.370. The lowest BCUT2D eigenvalue weighted by atomic mass is 10.0. The summed E-state index contributed by atoms with van der Waals surface area (Å²) >= 11 is 7.12. The summed E-state index contributed by atoms with van der Waals surface area (Å²) in [5.41, 5.74) is 6.34. The van der Waals surface area contributed by atoms with Crippen molar-refractivity contribution in [2.75, 3.05) is 19.8 Å². The van der Waals surface area contributed by atoms with E-state index < -0.39 is 0 Å². The Morgan fingerprint density at radius 3 is 2.86 bits per heavy atom. The highest BCUT2D eigenvalue weighted by molar-refractivity contribution is 9.10. The van der Waals surface area contributed by atoms with Crippen molar-refractivity contribution in [1.82, 2.24) is 24.9 Å². The Kier molecular flexibility index (Phi) is 7.32. The highest BCUT2D eigenvalue weighted by Crippen LogP contribution is 2.27. The fourth-order valence-electron chi connectivity index (χ4n) is 4.91. The summed E-state index contributed by atoms with van der Waals surface area (Å²) in [4.78, 5) is 18.9. The van der Waals surface area contributed by atoms with E-state index in [-0.39, 0.29) is 18.0 Å². The number of amides is 1. The Morgan fingerprint density at radius 2 is 2.06 bits per heavy atom. The number of aromatic nitrogens is 4. The average molecular weight is 615 g/mol. The minimum absolute atomic E-state index is 0.0579. The molecule has 0 radical (unpaired) electrons. The van der Waals surface area contributed by atoms with Gasteiger partial charge in [-0.05, 0) is 61.7 Å². The number of rotatable bonds is 6. The van der Waals surface area contributed by atoms with Crippen LogP contribution in [0.4, 0.5) is 0 Å². The van der Waals surface area contributed by atoms with Crippen molar-refractivity contribution in [1.29, 1.82) is 0 Å².